The number of benzene rings is 1. The number of anilines is 2. The quantitative estimate of drug-likeness (QED) is 0.398. The highest BCUT2D eigenvalue weighted by Gasteiger charge is 2.32. The average Bonchev–Trinajstić information content (AvgIpc) is 3.32. The zero-order valence-electron chi connectivity index (χ0n) is 18.1. The van der Waals surface area contributed by atoms with Crippen LogP contribution in [0.1, 0.15) is 36.2 Å². The third-order valence-electron chi connectivity index (χ3n) is 4.90. The predicted octanol–water partition coefficient (Wildman–Crippen LogP) is 3.40. The molecule has 0 unspecified atom stereocenters. The fourth-order valence-corrected chi connectivity index (χ4v) is 3.65. The topological polar surface area (TPSA) is 98.2 Å². The maximum atomic E-state index is 13.1. The van der Waals surface area contributed by atoms with E-state index >= 15 is 0 Å². The molecule has 1 aromatic heterocycles. The molecule has 7 nitrogen and oxygen atoms in total. The van der Waals surface area contributed by atoms with E-state index in [0.29, 0.717) is 41.3 Å². The third kappa shape index (κ3) is 5.71. The summed E-state index contributed by atoms with van der Waals surface area (Å²) in [6, 6.07) is 3.36. The molecule has 0 spiro atoms. The number of hydrogen-bond donors (Lipinski definition) is 2. The average molecular weight is 480 g/mol. The summed E-state index contributed by atoms with van der Waals surface area (Å²) in [6.45, 7) is 4.70. The van der Waals surface area contributed by atoms with Gasteiger partial charge < -0.3 is 16.0 Å². The lowest BCUT2D eigenvalue weighted by atomic mass is 10.0. The lowest BCUT2D eigenvalue weighted by Crippen LogP contribution is -2.40. The maximum absolute atomic E-state index is 13.1. The Morgan fingerprint density at radius 1 is 1.27 bits per heavy atom. The molecule has 0 aliphatic carbocycles. The molecule has 2 aliphatic rings. The van der Waals surface area contributed by atoms with Gasteiger partial charge in [0.1, 0.15) is 5.82 Å². The first-order chi connectivity index (χ1) is 15.7. The number of alkyl halides is 3. The van der Waals surface area contributed by atoms with Crippen LogP contribution in [0.25, 0.3) is 0 Å². The van der Waals surface area contributed by atoms with Crippen LogP contribution in [0.4, 0.5) is 24.7 Å². The van der Waals surface area contributed by atoms with Gasteiger partial charge in [-0.3, -0.25) is 4.79 Å². The Balaban J connectivity index is 0.00000149. The molecule has 4 rings (SSSR count). The van der Waals surface area contributed by atoms with E-state index in [9.17, 15) is 18.0 Å². The molecule has 0 atom stereocenters. The number of allylic oxidation sites excluding steroid dienone is 1. The van der Waals surface area contributed by atoms with Crippen molar-refractivity contribution < 1.29 is 18.0 Å². The molecule has 3 heterocycles. The summed E-state index contributed by atoms with van der Waals surface area (Å²) in [5.41, 5.74) is 6.84. The maximum Gasteiger partial charge on any atom is 0.416 e. The standard InChI is InChI=1S/C20H17ClF3N6O.C2H6/c21-19-28-15-3-5-30(18(31)16-2-1-4-26-16)10-14(15)17(29-19)27-9-11-6-12(20(22,23)24)8-13(25)7-11;1-2/h1-2,4,6-8H,3,5,9-10,25H2,(H,27,28,29);1-2H3/q+1;. The molecule has 174 valence electrons. The normalized spacial score (nSPS) is 14.4. The van der Waals surface area contributed by atoms with E-state index in [4.69, 9.17) is 17.3 Å². The van der Waals surface area contributed by atoms with Gasteiger partial charge in [0.25, 0.3) is 6.21 Å². The molecular formula is C22H23ClF3N6O+. The van der Waals surface area contributed by atoms with Gasteiger partial charge in [0.2, 0.25) is 5.28 Å². The van der Waals surface area contributed by atoms with Gasteiger partial charge in [-0.25, -0.2) is 9.97 Å². The van der Waals surface area contributed by atoms with Crippen molar-refractivity contribution in [3.63, 3.8) is 0 Å². The number of fused-ring (bicyclic) bond motifs is 1. The van der Waals surface area contributed by atoms with Gasteiger partial charge >= 0.3 is 17.8 Å². The van der Waals surface area contributed by atoms with Crippen LogP contribution in [0.5, 0.6) is 0 Å². The molecule has 3 N–H and O–H groups in total. The molecule has 0 saturated heterocycles. The van der Waals surface area contributed by atoms with E-state index in [1.165, 1.54) is 6.07 Å². The summed E-state index contributed by atoms with van der Waals surface area (Å²) in [7, 11) is 0. The summed E-state index contributed by atoms with van der Waals surface area (Å²) in [6.07, 6.45) is 0.823. The van der Waals surface area contributed by atoms with Gasteiger partial charge in [-0.15, -0.1) is 0 Å². The minimum atomic E-state index is -4.50. The summed E-state index contributed by atoms with van der Waals surface area (Å²) >= 11 is 6.03. The monoisotopic (exact) mass is 479 g/mol. The van der Waals surface area contributed by atoms with Gasteiger partial charge in [-0.1, -0.05) is 18.5 Å². The largest absolute Gasteiger partial charge is 0.416 e. The highest BCUT2D eigenvalue weighted by Crippen LogP contribution is 2.32. The second kappa shape index (κ2) is 10.1. The lowest BCUT2D eigenvalue weighted by Gasteiger charge is -2.28. The van der Waals surface area contributed by atoms with Gasteiger partial charge in [-0.05, 0) is 35.4 Å². The summed E-state index contributed by atoms with van der Waals surface area (Å²) < 4.78 is 43.2. The number of hydrogen-bond acceptors (Lipinski definition) is 5. The molecule has 11 heteroatoms. The van der Waals surface area contributed by atoms with Crippen LogP contribution in [-0.4, -0.2) is 39.2 Å². The Morgan fingerprint density at radius 2 is 2.03 bits per heavy atom. The SMILES string of the molecule is CC.Nc1cc(CNc2nc(Cl)nc3c2CN(C(=O)C2=[N+]=CC=C2)CC3)cc(C(F)(F)F)c1. The number of nitrogens with two attached hydrogens (primary N) is 1. The Hall–Kier alpha value is -3.36. The van der Waals surface area contributed by atoms with Crippen molar-refractivity contribution >= 4 is 40.9 Å². The van der Waals surface area contributed by atoms with E-state index in [0.717, 1.165) is 12.1 Å². The number of rotatable bonds is 4. The van der Waals surface area contributed by atoms with Crippen molar-refractivity contribution in [2.75, 3.05) is 17.6 Å². The van der Waals surface area contributed by atoms with Crippen LogP contribution >= 0.6 is 11.6 Å². The molecule has 0 fully saturated rings. The molecule has 0 saturated carbocycles. The first kappa shape index (κ1) is 24.3. The number of nitrogens with zero attached hydrogens (tertiary/aromatic N) is 4. The zero-order chi connectivity index (χ0) is 24.2. The van der Waals surface area contributed by atoms with Crippen LogP contribution in [-0.2, 0) is 30.5 Å². The van der Waals surface area contributed by atoms with Crippen molar-refractivity contribution in [2.24, 2.45) is 0 Å². The van der Waals surface area contributed by atoms with Crippen molar-refractivity contribution in [3.05, 3.63) is 58.0 Å². The third-order valence-corrected chi connectivity index (χ3v) is 5.06. The van der Waals surface area contributed by atoms with Crippen molar-refractivity contribution in [2.45, 2.75) is 39.5 Å². The molecule has 0 bridgehead atoms. The number of amides is 1. The van der Waals surface area contributed by atoms with Crippen LogP contribution in [0.3, 0.4) is 0 Å². The smallest absolute Gasteiger partial charge is 0.399 e. The fraction of sp³-hybridized carbons (Fsp3) is 0.318. The Morgan fingerprint density at radius 3 is 2.70 bits per heavy atom. The van der Waals surface area contributed by atoms with Crippen molar-refractivity contribution in [3.8, 4) is 0 Å². The molecule has 2 aromatic rings. The van der Waals surface area contributed by atoms with Crippen molar-refractivity contribution in [1.82, 2.24) is 19.5 Å². The Labute approximate surface area is 193 Å². The minimum Gasteiger partial charge on any atom is -0.399 e. The van der Waals surface area contributed by atoms with Crippen LogP contribution in [0.2, 0.25) is 5.28 Å². The zero-order valence-corrected chi connectivity index (χ0v) is 18.8. The van der Waals surface area contributed by atoms with E-state index < -0.39 is 11.7 Å². The Kier molecular flexibility index (Phi) is 7.40. The molecule has 33 heavy (non-hydrogen) atoms. The van der Waals surface area contributed by atoms with Gasteiger partial charge in [-0.2, -0.15) is 13.2 Å². The second-order valence-corrected chi connectivity index (χ2v) is 7.42. The molecular weight excluding hydrogens is 457 g/mol. The minimum absolute atomic E-state index is 0.00773. The van der Waals surface area contributed by atoms with Gasteiger partial charge in [0.05, 0.1) is 17.8 Å². The van der Waals surface area contributed by atoms with Crippen LogP contribution < -0.4 is 15.7 Å². The fourth-order valence-electron chi connectivity index (χ4n) is 3.46. The summed E-state index contributed by atoms with van der Waals surface area (Å²) in [4.78, 5) is 22.7. The highest BCUT2D eigenvalue weighted by atomic mass is 35.5. The number of nitrogens with one attached hydrogen (secondary N) is 1. The number of aromatic nitrogens is 2. The second-order valence-electron chi connectivity index (χ2n) is 7.08. The molecule has 1 amide bonds. The van der Waals surface area contributed by atoms with Crippen molar-refractivity contribution in [1.29, 1.82) is 0 Å². The highest BCUT2D eigenvalue weighted by molar-refractivity contribution is 6.44. The first-order valence-electron chi connectivity index (χ1n) is 10.3. The number of carbonyl (C=O) groups excluding carboxylic acids is 1. The van der Waals surface area contributed by atoms with Crippen LogP contribution in [0, 0.1) is 0 Å². The number of carbonyl (C=O) groups is 1. The van der Waals surface area contributed by atoms with Gasteiger partial charge in [0, 0.05) is 42.9 Å². The summed E-state index contributed by atoms with van der Waals surface area (Å²) in [5, 5.41) is 3.03. The van der Waals surface area contributed by atoms with E-state index in [2.05, 4.69) is 20.0 Å². The lowest BCUT2D eigenvalue weighted by molar-refractivity contribution is -0.137. The number of halogens is 4. The van der Waals surface area contributed by atoms with E-state index in [1.54, 1.807) is 23.3 Å². The van der Waals surface area contributed by atoms with E-state index in [-0.39, 0.29) is 30.0 Å². The predicted molar refractivity (Wildman–Crippen MR) is 123 cm³/mol. The van der Waals surface area contributed by atoms with Crippen LogP contribution in [0.15, 0.2) is 30.4 Å². The molecule has 1 aromatic carbocycles. The molecule has 2 aliphatic heterocycles. The Bertz CT molecular complexity index is 1160. The number of nitrogen functional groups attached to an aromatic ring is 1. The summed E-state index contributed by atoms with van der Waals surface area (Å²) in [5.74, 6) is 0.140. The van der Waals surface area contributed by atoms with Gasteiger partial charge in [0.15, 0.2) is 0 Å². The first-order valence-corrected chi connectivity index (χ1v) is 10.7. The molecule has 0 radical (unpaired) electrons. The van der Waals surface area contributed by atoms with E-state index in [1.807, 2.05) is 13.8 Å².